The van der Waals surface area contributed by atoms with E-state index in [9.17, 15) is 14.9 Å². The van der Waals surface area contributed by atoms with Gasteiger partial charge >= 0.3 is 0 Å². The first-order valence-electron chi connectivity index (χ1n) is 7.61. The van der Waals surface area contributed by atoms with Crippen LogP contribution in [0.25, 0.3) is 0 Å². The third-order valence-electron chi connectivity index (χ3n) is 4.11. The highest BCUT2D eigenvalue weighted by Crippen LogP contribution is 2.40. The van der Waals surface area contributed by atoms with Crippen LogP contribution in [0.3, 0.4) is 0 Å². The topological polar surface area (TPSA) is 90.1 Å². The summed E-state index contributed by atoms with van der Waals surface area (Å²) in [6.07, 6.45) is 4.15. The molecule has 0 aliphatic heterocycles. The first-order chi connectivity index (χ1) is 11.0. The molecule has 2 aromatic rings. The maximum Gasteiger partial charge on any atom is 0.269 e. The van der Waals surface area contributed by atoms with E-state index in [1.165, 1.54) is 25.0 Å². The maximum absolute atomic E-state index is 12.2. The number of rotatable bonds is 6. The summed E-state index contributed by atoms with van der Waals surface area (Å²) in [6, 6.07) is 8.15. The fourth-order valence-corrected chi connectivity index (χ4v) is 2.67. The second-order valence-electron chi connectivity index (χ2n) is 5.89. The lowest BCUT2D eigenvalue weighted by Gasteiger charge is -2.15. The van der Waals surface area contributed by atoms with Crippen LogP contribution in [0.5, 0.6) is 0 Å². The number of aromatic nitrogens is 2. The van der Waals surface area contributed by atoms with Crippen molar-refractivity contribution in [2.24, 2.45) is 5.92 Å². The maximum atomic E-state index is 12.2. The molecule has 7 nitrogen and oxygen atoms in total. The first kappa shape index (κ1) is 15.2. The summed E-state index contributed by atoms with van der Waals surface area (Å²) < 4.78 is 1.84. The number of hydrogen-bond acceptors (Lipinski definition) is 4. The Morgan fingerprint density at radius 2 is 2.26 bits per heavy atom. The fourth-order valence-electron chi connectivity index (χ4n) is 2.67. The Morgan fingerprint density at radius 3 is 2.96 bits per heavy atom. The van der Waals surface area contributed by atoms with Gasteiger partial charge in [-0.1, -0.05) is 12.1 Å². The summed E-state index contributed by atoms with van der Waals surface area (Å²) in [5, 5.41) is 17.9. The van der Waals surface area contributed by atoms with Crippen molar-refractivity contribution in [3.63, 3.8) is 0 Å². The Kier molecular flexibility index (Phi) is 4.10. The van der Waals surface area contributed by atoms with E-state index in [1.807, 2.05) is 4.68 Å². The summed E-state index contributed by atoms with van der Waals surface area (Å²) in [7, 11) is 0. The zero-order chi connectivity index (χ0) is 16.4. The minimum Gasteiger partial charge on any atom is -0.311 e. The van der Waals surface area contributed by atoms with Crippen molar-refractivity contribution in [3.05, 3.63) is 52.2 Å². The molecule has 7 heteroatoms. The Bertz CT molecular complexity index is 736. The number of nitro benzene ring substituents is 1. The zero-order valence-electron chi connectivity index (χ0n) is 12.8. The molecule has 1 atom stereocenters. The van der Waals surface area contributed by atoms with E-state index in [-0.39, 0.29) is 24.1 Å². The lowest BCUT2D eigenvalue weighted by molar-refractivity contribution is -0.384. The number of nitro groups is 1. The molecular formula is C16H18N4O3. The van der Waals surface area contributed by atoms with E-state index < -0.39 is 4.92 Å². The van der Waals surface area contributed by atoms with Crippen LogP contribution >= 0.6 is 0 Å². The first-order valence-corrected chi connectivity index (χ1v) is 7.61. The van der Waals surface area contributed by atoms with Crippen LogP contribution in [0.2, 0.25) is 0 Å². The average Bonchev–Trinajstić information content (AvgIpc) is 3.27. The van der Waals surface area contributed by atoms with Crippen LogP contribution < -0.4 is 5.32 Å². The van der Waals surface area contributed by atoms with Gasteiger partial charge in [-0.3, -0.25) is 14.9 Å². The van der Waals surface area contributed by atoms with E-state index >= 15 is 0 Å². The molecule has 0 saturated heterocycles. The summed E-state index contributed by atoms with van der Waals surface area (Å²) in [5.74, 6) is 1.08. The molecule has 0 spiro atoms. The Balaban J connectivity index is 1.67. The van der Waals surface area contributed by atoms with Gasteiger partial charge in [0.2, 0.25) is 5.91 Å². The van der Waals surface area contributed by atoms with Crippen LogP contribution in [-0.4, -0.2) is 20.6 Å². The number of carbonyl (C=O) groups excluding carboxylic acids is 1. The van der Waals surface area contributed by atoms with Crippen LogP contribution in [0.1, 0.15) is 31.4 Å². The van der Waals surface area contributed by atoms with E-state index in [0.29, 0.717) is 17.3 Å². The molecule has 23 heavy (non-hydrogen) atoms. The molecule has 1 fully saturated rings. The number of hydrogen-bond donors (Lipinski definition) is 1. The third kappa shape index (κ3) is 3.56. The van der Waals surface area contributed by atoms with Gasteiger partial charge in [-0.25, -0.2) is 4.68 Å². The number of amides is 1. The minimum atomic E-state index is -0.464. The molecular weight excluding hydrogens is 296 g/mol. The largest absolute Gasteiger partial charge is 0.311 e. The van der Waals surface area contributed by atoms with Gasteiger partial charge in [0, 0.05) is 18.2 Å². The van der Waals surface area contributed by atoms with Crippen molar-refractivity contribution in [1.29, 1.82) is 0 Å². The van der Waals surface area contributed by atoms with Gasteiger partial charge in [-0.15, -0.1) is 0 Å². The molecule has 1 heterocycles. The highest BCUT2D eigenvalue weighted by molar-refractivity contribution is 5.91. The number of nitrogens with one attached hydrogen (secondary N) is 1. The summed E-state index contributed by atoms with van der Waals surface area (Å²) in [6.45, 7) is 2.10. The van der Waals surface area contributed by atoms with E-state index in [1.54, 1.807) is 24.4 Å². The lowest BCUT2D eigenvalue weighted by Crippen LogP contribution is -2.19. The van der Waals surface area contributed by atoms with Gasteiger partial charge in [0.1, 0.15) is 5.82 Å². The Hall–Kier alpha value is -2.70. The van der Waals surface area contributed by atoms with Gasteiger partial charge in [-0.2, -0.15) is 5.10 Å². The highest BCUT2D eigenvalue weighted by Gasteiger charge is 2.30. The summed E-state index contributed by atoms with van der Waals surface area (Å²) >= 11 is 0. The normalized spacial score (nSPS) is 15.2. The van der Waals surface area contributed by atoms with Crippen LogP contribution in [-0.2, 0) is 11.2 Å². The van der Waals surface area contributed by atoms with Crippen molar-refractivity contribution in [3.8, 4) is 0 Å². The zero-order valence-corrected chi connectivity index (χ0v) is 12.8. The molecule has 0 radical (unpaired) electrons. The van der Waals surface area contributed by atoms with Gasteiger partial charge in [0.25, 0.3) is 5.69 Å². The van der Waals surface area contributed by atoms with E-state index in [0.717, 1.165) is 0 Å². The smallest absolute Gasteiger partial charge is 0.269 e. The fraction of sp³-hybridized carbons (Fsp3) is 0.375. The van der Waals surface area contributed by atoms with Crippen LogP contribution in [0.15, 0.2) is 36.5 Å². The molecule has 1 saturated carbocycles. The van der Waals surface area contributed by atoms with Gasteiger partial charge < -0.3 is 5.32 Å². The van der Waals surface area contributed by atoms with Gasteiger partial charge in [-0.05, 0) is 31.2 Å². The van der Waals surface area contributed by atoms with Gasteiger partial charge in [0.15, 0.2) is 0 Å². The quantitative estimate of drug-likeness (QED) is 0.655. The van der Waals surface area contributed by atoms with Crippen molar-refractivity contribution in [2.75, 3.05) is 5.32 Å². The minimum absolute atomic E-state index is 0.0114. The van der Waals surface area contributed by atoms with E-state index in [4.69, 9.17) is 0 Å². The second kappa shape index (κ2) is 6.20. The Morgan fingerprint density at radius 1 is 1.48 bits per heavy atom. The van der Waals surface area contributed by atoms with E-state index in [2.05, 4.69) is 17.3 Å². The second-order valence-corrected chi connectivity index (χ2v) is 5.89. The third-order valence-corrected chi connectivity index (χ3v) is 4.11. The number of nitrogens with zero attached hydrogens (tertiary/aromatic N) is 3. The number of non-ortho nitro benzene ring substituents is 1. The van der Waals surface area contributed by atoms with Crippen molar-refractivity contribution in [1.82, 2.24) is 9.78 Å². The van der Waals surface area contributed by atoms with Crippen molar-refractivity contribution >= 4 is 17.4 Å². The monoisotopic (exact) mass is 314 g/mol. The van der Waals surface area contributed by atoms with Crippen molar-refractivity contribution < 1.29 is 9.72 Å². The molecule has 1 aliphatic carbocycles. The highest BCUT2D eigenvalue weighted by atomic mass is 16.6. The molecule has 1 amide bonds. The van der Waals surface area contributed by atoms with Crippen LogP contribution in [0, 0.1) is 16.0 Å². The molecule has 120 valence electrons. The van der Waals surface area contributed by atoms with Crippen molar-refractivity contribution in [2.45, 2.75) is 32.2 Å². The number of anilines is 1. The molecule has 1 aliphatic rings. The molecule has 3 rings (SSSR count). The predicted molar refractivity (Wildman–Crippen MR) is 85.1 cm³/mol. The van der Waals surface area contributed by atoms with Crippen LogP contribution in [0.4, 0.5) is 11.5 Å². The molecule has 1 aromatic heterocycles. The SMILES string of the molecule is C[C@@H](C1CC1)n1nccc1NC(=O)Cc1cccc([N+](=O)[O-])c1. The summed E-state index contributed by atoms with van der Waals surface area (Å²) in [4.78, 5) is 22.5. The summed E-state index contributed by atoms with van der Waals surface area (Å²) in [5.41, 5.74) is 0.598. The predicted octanol–water partition coefficient (Wildman–Crippen LogP) is 2.94. The average molecular weight is 314 g/mol. The molecule has 1 aromatic carbocycles. The molecule has 0 bridgehead atoms. The van der Waals surface area contributed by atoms with Gasteiger partial charge in [0.05, 0.1) is 23.6 Å². The number of carbonyl (C=O) groups is 1. The molecule has 1 N–H and O–H groups in total. The number of benzene rings is 1. The Labute approximate surface area is 133 Å². The lowest BCUT2D eigenvalue weighted by atomic mass is 10.1. The standard InChI is InChI=1S/C16H18N4O3/c1-11(13-5-6-13)19-15(7-8-17-19)18-16(21)10-12-3-2-4-14(9-12)20(22)23/h2-4,7-9,11,13H,5-6,10H2,1H3,(H,18,21)/t11-/m0/s1. The molecule has 0 unspecified atom stereocenters.